The highest BCUT2D eigenvalue weighted by atomic mass is 16.6. The van der Waals surface area contributed by atoms with Crippen LogP contribution in [0.1, 0.15) is 0 Å². The van der Waals surface area contributed by atoms with Gasteiger partial charge in [0.2, 0.25) is 0 Å². The maximum absolute atomic E-state index is 11.1. The van der Waals surface area contributed by atoms with E-state index in [-0.39, 0.29) is 10.6 Å². The number of benzene rings is 1. The first-order chi connectivity index (χ1) is 9.66. The highest BCUT2D eigenvalue weighted by Crippen LogP contribution is 2.31. The van der Waals surface area contributed by atoms with Gasteiger partial charge < -0.3 is 9.80 Å². The van der Waals surface area contributed by atoms with Gasteiger partial charge in [0.15, 0.2) is 0 Å². The average Bonchev–Trinajstić information content (AvgIpc) is 2.47. The third-order valence-corrected chi connectivity index (χ3v) is 3.76. The summed E-state index contributed by atoms with van der Waals surface area (Å²) in [6.07, 6.45) is 1.66. The zero-order valence-corrected chi connectivity index (χ0v) is 11.3. The zero-order chi connectivity index (χ0) is 14.1. The van der Waals surface area contributed by atoms with Gasteiger partial charge in [0, 0.05) is 43.8 Å². The fraction of sp³-hybridized carbons (Fsp3) is 0.357. The number of nitro benzene ring substituents is 1. The van der Waals surface area contributed by atoms with Crippen molar-refractivity contribution in [3.63, 3.8) is 0 Å². The molecule has 1 saturated heterocycles. The molecule has 0 N–H and O–H groups in total. The molecule has 3 rings (SSSR count). The third kappa shape index (κ3) is 2.18. The predicted octanol–water partition coefficient (Wildman–Crippen LogP) is 1.89. The van der Waals surface area contributed by atoms with Crippen molar-refractivity contribution >= 4 is 22.3 Å². The van der Waals surface area contributed by atoms with Crippen molar-refractivity contribution in [1.82, 2.24) is 9.88 Å². The lowest BCUT2D eigenvalue weighted by molar-refractivity contribution is -0.383. The van der Waals surface area contributed by atoms with E-state index in [4.69, 9.17) is 0 Å². The van der Waals surface area contributed by atoms with Crippen LogP contribution < -0.4 is 4.90 Å². The predicted molar refractivity (Wildman–Crippen MR) is 78.1 cm³/mol. The Bertz CT molecular complexity index is 651. The highest BCUT2D eigenvalue weighted by Gasteiger charge is 2.20. The lowest BCUT2D eigenvalue weighted by Gasteiger charge is -2.33. The number of nitrogens with zero attached hydrogens (tertiary/aromatic N) is 4. The molecule has 6 heteroatoms. The van der Waals surface area contributed by atoms with Gasteiger partial charge in [-0.1, -0.05) is 12.1 Å². The van der Waals surface area contributed by atoms with Crippen molar-refractivity contribution in [2.75, 3.05) is 38.1 Å². The molecule has 20 heavy (non-hydrogen) atoms. The standard InChI is InChI=1S/C14H16N4O2/c1-16-7-9-17(10-8-16)14-12-3-2-4-13(18(19)20)11(12)5-6-15-14/h2-6H,7-10H2,1H3. The van der Waals surface area contributed by atoms with Gasteiger partial charge in [-0.3, -0.25) is 10.1 Å². The van der Waals surface area contributed by atoms with E-state index >= 15 is 0 Å². The second-order valence-corrected chi connectivity index (χ2v) is 5.05. The number of rotatable bonds is 2. The molecule has 0 atom stereocenters. The summed E-state index contributed by atoms with van der Waals surface area (Å²) < 4.78 is 0. The van der Waals surface area contributed by atoms with E-state index in [2.05, 4.69) is 21.8 Å². The molecule has 1 aromatic heterocycles. The minimum Gasteiger partial charge on any atom is -0.354 e. The Kier molecular flexibility index (Phi) is 3.23. The Labute approximate surface area is 116 Å². The molecular formula is C14H16N4O2. The first-order valence-corrected chi connectivity index (χ1v) is 6.62. The summed E-state index contributed by atoms with van der Waals surface area (Å²) in [6, 6.07) is 6.88. The number of pyridine rings is 1. The largest absolute Gasteiger partial charge is 0.354 e. The van der Waals surface area contributed by atoms with Gasteiger partial charge in [0.05, 0.1) is 10.3 Å². The monoisotopic (exact) mass is 272 g/mol. The van der Waals surface area contributed by atoms with Crippen LogP contribution in [0, 0.1) is 10.1 Å². The minimum absolute atomic E-state index is 0.139. The van der Waals surface area contributed by atoms with Gasteiger partial charge in [-0.05, 0) is 13.1 Å². The van der Waals surface area contributed by atoms with E-state index in [9.17, 15) is 10.1 Å². The molecule has 104 valence electrons. The molecule has 0 saturated carbocycles. The van der Waals surface area contributed by atoms with Crippen molar-refractivity contribution in [3.05, 3.63) is 40.6 Å². The Morgan fingerprint density at radius 3 is 2.60 bits per heavy atom. The topological polar surface area (TPSA) is 62.5 Å². The van der Waals surface area contributed by atoms with Crippen LogP contribution in [0.15, 0.2) is 30.5 Å². The summed E-state index contributed by atoms with van der Waals surface area (Å²) in [6.45, 7) is 3.75. The summed E-state index contributed by atoms with van der Waals surface area (Å²) in [4.78, 5) is 19.7. The summed E-state index contributed by atoms with van der Waals surface area (Å²) >= 11 is 0. The molecule has 0 amide bonds. The number of likely N-dealkylation sites (N-methyl/N-ethyl adjacent to an activating group) is 1. The number of anilines is 1. The van der Waals surface area contributed by atoms with E-state index in [1.54, 1.807) is 18.3 Å². The number of non-ortho nitro benzene ring substituents is 1. The molecule has 6 nitrogen and oxygen atoms in total. The summed E-state index contributed by atoms with van der Waals surface area (Å²) in [5, 5.41) is 12.6. The Balaban J connectivity index is 2.08. The number of hydrogen-bond acceptors (Lipinski definition) is 5. The second kappa shape index (κ2) is 5.05. The van der Waals surface area contributed by atoms with Crippen LogP contribution in [0.3, 0.4) is 0 Å². The van der Waals surface area contributed by atoms with Gasteiger partial charge >= 0.3 is 0 Å². The molecule has 1 fully saturated rings. The van der Waals surface area contributed by atoms with Crippen LogP contribution in [0.25, 0.3) is 10.8 Å². The molecule has 0 bridgehead atoms. The fourth-order valence-electron chi connectivity index (χ4n) is 2.60. The molecule has 0 radical (unpaired) electrons. The number of fused-ring (bicyclic) bond motifs is 1. The van der Waals surface area contributed by atoms with Crippen LogP contribution in [-0.2, 0) is 0 Å². The zero-order valence-electron chi connectivity index (χ0n) is 11.3. The maximum atomic E-state index is 11.1. The van der Waals surface area contributed by atoms with E-state index < -0.39 is 0 Å². The molecule has 1 aromatic carbocycles. The molecule has 0 aliphatic carbocycles. The van der Waals surface area contributed by atoms with Crippen molar-refractivity contribution in [3.8, 4) is 0 Å². The first-order valence-electron chi connectivity index (χ1n) is 6.62. The van der Waals surface area contributed by atoms with Crippen molar-refractivity contribution < 1.29 is 4.92 Å². The van der Waals surface area contributed by atoms with Crippen molar-refractivity contribution in [2.45, 2.75) is 0 Å². The van der Waals surface area contributed by atoms with Gasteiger partial charge in [0.25, 0.3) is 5.69 Å². The summed E-state index contributed by atoms with van der Waals surface area (Å²) in [5.41, 5.74) is 0.139. The van der Waals surface area contributed by atoms with Crippen molar-refractivity contribution in [2.24, 2.45) is 0 Å². The molecule has 1 aliphatic heterocycles. The normalized spacial score (nSPS) is 16.6. The fourth-order valence-corrected chi connectivity index (χ4v) is 2.60. The third-order valence-electron chi connectivity index (χ3n) is 3.76. The molecule has 2 heterocycles. The van der Waals surface area contributed by atoms with Crippen LogP contribution in [0.5, 0.6) is 0 Å². The lowest BCUT2D eigenvalue weighted by atomic mass is 10.1. The van der Waals surface area contributed by atoms with Gasteiger partial charge in [-0.15, -0.1) is 0 Å². The van der Waals surface area contributed by atoms with E-state index in [1.165, 1.54) is 6.07 Å². The number of hydrogen-bond donors (Lipinski definition) is 0. The lowest BCUT2D eigenvalue weighted by Crippen LogP contribution is -2.44. The maximum Gasteiger partial charge on any atom is 0.277 e. The van der Waals surface area contributed by atoms with Crippen molar-refractivity contribution in [1.29, 1.82) is 0 Å². The molecule has 0 spiro atoms. The number of piperazine rings is 1. The van der Waals surface area contributed by atoms with E-state index in [0.717, 1.165) is 37.4 Å². The van der Waals surface area contributed by atoms with Gasteiger partial charge in [-0.2, -0.15) is 0 Å². The molecule has 2 aromatic rings. The Morgan fingerprint density at radius 2 is 1.90 bits per heavy atom. The molecule has 1 aliphatic rings. The Hall–Kier alpha value is -2.21. The second-order valence-electron chi connectivity index (χ2n) is 5.05. The summed E-state index contributed by atoms with van der Waals surface area (Å²) in [5.74, 6) is 0.847. The van der Waals surface area contributed by atoms with Crippen LogP contribution >= 0.6 is 0 Å². The smallest absolute Gasteiger partial charge is 0.277 e. The minimum atomic E-state index is -0.337. The van der Waals surface area contributed by atoms with Gasteiger partial charge in [0.1, 0.15) is 5.82 Å². The van der Waals surface area contributed by atoms with Gasteiger partial charge in [-0.25, -0.2) is 4.98 Å². The average molecular weight is 272 g/mol. The highest BCUT2D eigenvalue weighted by molar-refractivity contribution is 5.97. The number of aromatic nitrogens is 1. The van der Waals surface area contributed by atoms with E-state index in [1.807, 2.05) is 6.07 Å². The Morgan fingerprint density at radius 1 is 1.15 bits per heavy atom. The summed E-state index contributed by atoms with van der Waals surface area (Å²) in [7, 11) is 2.10. The number of nitro groups is 1. The SMILES string of the molecule is CN1CCN(c2nccc3c([N+](=O)[O-])cccc23)CC1. The van der Waals surface area contributed by atoms with Crippen LogP contribution in [0.2, 0.25) is 0 Å². The molecular weight excluding hydrogens is 256 g/mol. The quantitative estimate of drug-likeness (QED) is 0.617. The van der Waals surface area contributed by atoms with Crippen LogP contribution in [-0.4, -0.2) is 48.0 Å². The van der Waals surface area contributed by atoms with Crippen LogP contribution in [0.4, 0.5) is 11.5 Å². The van der Waals surface area contributed by atoms with E-state index in [0.29, 0.717) is 5.39 Å². The molecule has 0 unspecified atom stereocenters. The first kappa shape index (κ1) is 12.8.